The van der Waals surface area contributed by atoms with Gasteiger partial charge in [0.25, 0.3) is 0 Å². The molecule has 0 atom stereocenters. The van der Waals surface area contributed by atoms with Gasteiger partial charge < -0.3 is 19.7 Å². The molecule has 2 heterocycles. The number of methoxy groups -OCH3 is 1. The van der Waals surface area contributed by atoms with Gasteiger partial charge in [-0.2, -0.15) is 0 Å². The van der Waals surface area contributed by atoms with E-state index in [0.29, 0.717) is 19.1 Å². The number of ether oxygens (including phenoxy) is 2. The number of hydrogen-bond donors (Lipinski definition) is 1. The minimum absolute atomic E-state index is 0.226. The second-order valence-corrected chi connectivity index (χ2v) is 7.64. The van der Waals surface area contributed by atoms with E-state index in [2.05, 4.69) is 16.4 Å². The highest BCUT2D eigenvalue weighted by atomic mass is 16.6. The van der Waals surface area contributed by atoms with E-state index in [0.717, 1.165) is 35.2 Å². The molecule has 0 radical (unpaired) electrons. The van der Waals surface area contributed by atoms with Gasteiger partial charge in [0.2, 0.25) is 0 Å². The van der Waals surface area contributed by atoms with Crippen molar-refractivity contribution in [2.45, 2.75) is 45.3 Å². The molecule has 1 aromatic heterocycles. The van der Waals surface area contributed by atoms with Crippen molar-refractivity contribution in [1.82, 2.24) is 9.88 Å². The third-order valence-corrected chi connectivity index (χ3v) is 4.41. The predicted molar refractivity (Wildman–Crippen MR) is 103 cm³/mol. The maximum atomic E-state index is 12.1. The normalized spacial score (nSPS) is 15.8. The maximum Gasteiger partial charge on any atom is 0.410 e. The van der Waals surface area contributed by atoms with Crippen LogP contribution in [0.15, 0.2) is 30.5 Å². The van der Waals surface area contributed by atoms with E-state index < -0.39 is 5.60 Å². The molecule has 1 N–H and O–H groups in total. The van der Waals surface area contributed by atoms with Crippen LogP contribution in [0, 0.1) is 0 Å². The lowest BCUT2D eigenvalue weighted by Crippen LogP contribution is -2.44. The van der Waals surface area contributed by atoms with E-state index in [1.807, 2.05) is 45.2 Å². The number of carbonyl (C=O) groups excluding carboxylic acids is 1. The number of likely N-dealkylation sites (tertiary alicyclic amines) is 1. The number of nitrogens with zero attached hydrogens (tertiary/aromatic N) is 2. The zero-order chi connectivity index (χ0) is 18.7. The molecule has 0 saturated carbocycles. The summed E-state index contributed by atoms with van der Waals surface area (Å²) in [6.07, 6.45) is 3.38. The smallest absolute Gasteiger partial charge is 0.410 e. The zero-order valence-corrected chi connectivity index (χ0v) is 15.9. The van der Waals surface area contributed by atoms with Crippen molar-refractivity contribution in [3.63, 3.8) is 0 Å². The lowest BCUT2D eigenvalue weighted by atomic mass is 10.0. The number of nitrogens with one attached hydrogen (secondary N) is 1. The lowest BCUT2D eigenvalue weighted by molar-refractivity contribution is 0.0210. The number of fused-ring (bicyclic) bond motifs is 1. The van der Waals surface area contributed by atoms with Crippen LogP contribution in [0.25, 0.3) is 10.9 Å². The molecule has 1 amide bonds. The Balaban J connectivity index is 1.59. The summed E-state index contributed by atoms with van der Waals surface area (Å²) in [5.41, 5.74) is 1.39. The minimum Gasteiger partial charge on any atom is -0.494 e. The minimum atomic E-state index is -0.454. The van der Waals surface area contributed by atoms with Crippen molar-refractivity contribution in [2.75, 3.05) is 25.5 Å². The summed E-state index contributed by atoms with van der Waals surface area (Å²) in [4.78, 5) is 18.5. The first-order chi connectivity index (χ1) is 12.4. The van der Waals surface area contributed by atoms with Gasteiger partial charge in [0, 0.05) is 24.5 Å². The molecule has 1 aromatic carbocycles. The number of piperidine rings is 1. The fourth-order valence-corrected chi connectivity index (χ4v) is 3.15. The predicted octanol–water partition coefficient (Wildman–Crippen LogP) is 4.05. The van der Waals surface area contributed by atoms with Gasteiger partial charge in [0.1, 0.15) is 16.9 Å². The standard InChI is InChI=1S/C20H27N3O3/c1-20(2,3)26-19(24)23-10-8-15(9-11-23)22-16-12-14-6-5-7-17(25-4)18(14)21-13-16/h5-7,12-13,15,22H,8-11H2,1-4H3. The molecular weight excluding hydrogens is 330 g/mol. The van der Waals surface area contributed by atoms with Crippen LogP contribution in [-0.4, -0.2) is 47.8 Å². The van der Waals surface area contributed by atoms with Crippen molar-refractivity contribution in [1.29, 1.82) is 0 Å². The second-order valence-electron chi connectivity index (χ2n) is 7.64. The SMILES string of the molecule is COc1cccc2cc(NC3CCN(C(=O)OC(C)(C)C)CC3)cnc12. The molecule has 1 aliphatic rings. The Labute approximate surface area is 154 Å². The van der Waals surface area contributed by atoms with Crippen LogP contribution in [0.4, 0.5) is 10.5 Å². The molecule has 140 valence electrons. The van der Waals surface area contributed by atoms with Crippen LogP contribution < -0.4 is 10.1 Å². The number of para-hydroxylation sites is 1. The summed E-state index contributed by atoms with van der Waals surface area (Å²) in [6, 6.07) is 8.31. The van der Waals surface area contributed by atoms with Crippen molar-refractivity contribution < 1.29 is 14.3 Å². The Morgan fingerprint density at radius 3 is 2.65 bits per heavy atom. The molecular formula is C20H27N3O3. The molecule has 6 heteroatoms. The van der Waals surface area contributed by atoms with Gasteiger partial charge in [0.15, 0.2) is 0 Å². The van der Waals surface area contributed by atoms with Crippen LogP contribution in [0.1, 0.15) is 33.6 Å². The Morgan fingerprint density at radius 2 is 2.00 bits per heavy atom. The van der Waals surface area contributed by atoms with E-state index >= 15 is 0 Å². The first kappa shape index (κ1) is 18.3. The Hall–Kier alpha value is -2.50. The van der Waals surface area contributed by atoms with Gasteiger partial charge in [-0.05, 0) is 45.7 Å². The molecule has 1 aliphatic heterocycles. The zero-order valence-electron chi connectivity index (χ0n) is 15.9. The van der Waals surface area contributed by atoms with Gasteiger partial charge in [-0.3, -0.25) is 4.98 Å². The van der Waals surface area contributed by atoms with Gasteiger partial charge in [-0.15, -0.1) is 0 Å². The number of aromatic nitrogens is 1. The average Bonchev–Trinajstić information content (AvgIpc) is 2.60. The fourth-order valence-electron chi connectivity index (χ4n) is 3.15. The molecule has 0 aliphatic carbocycles. The van der Waals surface area contributed by atoms with Crippen molar-refractivity contribution in [3.05, 3.63) is 30.5 Å². The van der Waals surface area contributed by atoms with Crippen LogP contribution in [0.5, 0.6) is 5.75 Å². The summed E-state index contributed by atoms with van der Waals surface area (Å²) in [7, 11) is 1.65. The quantitative estimate of drug-likeness (QED) is 0.898. The van der Waals surface area contributed by atoms with Crippen molar-refractivity contribution in [2.24, 2.45) is 0 Å². The third kappa shape index (κ3) is 4.36. The average molecular weight is 357 g/mol. The highest BCUT2D eigenvalue weighted by Crippen LogP contribution is 2.26. The van der Waals surface area contributed by atoms with Crippen LogP contribution >= 0.6 is 0 Å². The summed E-state index contributed by atoms with van der Waals surface area (Å²) >= 11 is 0. The van der Waals surface area contributed by atoms with E-state index in [1.54, 1.807) is 12.0 Å². The van der Waals surface area contributed by atoms with Crippen molar-refractivity contribution in [3.8, 4) is 5.75 Å². The summed E-state index contributed by atoms with van der Waals surface area (Å²) in [6.45, 7) is 7.06. The van der Waals surface area contributed by atoms with Gasteiger partial charge >= 0.3 is 6.09 Å². The van der Waals surface area contributed by atoms with Gasteiger partial charge in [-0.1, -0.05) is 12.1 Å². The van der Waals surface area contributed by atoms with Crippen molar-refractivity contribution >= 4 is 22.7 Å². The Morgan fingerprint density at radius 1 is 1.27 bits per heavy atom. The topological polar surface area (TPSA) is 63.7 Å². The first-order valence-corrected chi connectivity index (χ1v) is 9.03. The number of benzene rings is 1. The number of hydrogen-bond acceptors (Lipinski definition) is 5. The summed E-state index contributed by atoms with van der Waals surface area (Å²) in [5, 5.41) is 4.58. The highest BCUT2D eigenvalue weighted by Gasteiger charge is 2.26. The van der Waals surface area contributed by atoms with Crippen LogP contribution in [-0.2, 0) is 4.74 Å². The molecule has 6 nitrogen and oxygen atoms in total. The van der Waals surface area contributed by atoms with Gasteiger partial charge in [-0.25, -0.2) is 4.79 Å². The maximum absolute atomic E-state index is 12.1. The summed E-state index contributed by atoms with van der Waals surface area (Å²) in [5.74, 6) is 0.778. The monoisotopic (exact) mass is 357 g/mol. The molecule has 3 rings (SSSR count). The number of rotatable bonds is 3. The largest absolute Gasteiger partial charge is 0.494 e. The number of anilines is 1. The van der Waals surface area contributed by atoms with E-state index in [9.17, 15) is 4.79 Å². The Bertz CT molecular complexity index is 777. The second kappa shape index (κ2) is 7.40. The summed E-state index contributed by atoms with van der Waals surface area (Å²) < 4.78 is 10.8. The number of amides is 1. The number of pyridine rings is 1. The van der Waals surface area contributed by atoms with Gasteiger partial charge in [0.05, 0.1) is 19.0 Å². The Kier molecular flexibility index (Phi) is 5.20. The molecule has 2 aromatic rings. The molecule has 26 heavy (non-hydrogen) atoms. The first-order valence-electron chi connectivity index (χ1n) is 9.03. The molecule has 0 unspecified atom stereocenters. The van der Waals surface area contributed by atoms with Crippen LogP contribution in [0.2, 0.25) is 0 Å². The highest BCUT2D eigenvalue weighted by molar-refractivity contribution is 5.86. The molecule has 0 spiro atoms. The van der Waals surface area contributed by atoms with Crippen LogP contribution in [0.3, 0.4) is 0 Å². The molecule has 0 bridgehead atoms. The van der Waals surface area contributed by atoms with E-state index in [4.69, 9.17) is 9.47 Å². The number of carbonyl (C=O) groups is 1. The fraction of sp³-hybridized carbons (Fsp3) is 0.500. The third-order valence-electron chi connectivity index (χ3n) is 4.41. The molecule has 1 saturated heterocycles. The lowest BCUT2D eigenvalue weighted by Gasteiger charge is -2.34. The van der Waals surface area contributed by atoms with E-state index in [1.165, 1.54) is 0 Å². The van der Waals surface area contributed by atoms with E-state index in [-0.39, 0.29) is 6.09 Å². The molecule has 1 fully saturated rings.